The Morgan fingerprint density at radius 3 is 2.25 bits per heavy atom. The molecule has 0 saturated heterocycles. The third-order valence-corrected chi connectivity index (χ3v) is 2.96. The number of anilines is 1. The maximum atomic E-state index is 11.7. The molecule has 0 aliphatic carbocycles. The number of hydrogen-bond acceptors (Lipinski definition) is 4. The number of hydrogen-bond donors (Lipinski definition) is 1. The third kappa shape index (κ3) is 5.18. The highest BCUT2D eigenvalue weighted by Crippen LogP contribution is 2.20. The van der Waals surface area contributed by atoms with Gasteiger partial charge in [0.25, 0.3) is 11.3 Å². The molecule has 1 atom stereocenters. The maximum Gasteiger partial charge on any atom is 0.327 e. The van der Waals surface area contributed by atoms with Gasteiger partial charge in [0.2, 0.25) is 0 Å². The highest BCUT2D eigenvalue weighted by molar-refractivity contribution is 7.80. The molecule has 0 aliphatic rings. The summed E-state index contributed by atoms with van der Waals surface area (Å²) >= 11 is -2.32. The molecule has 0 saturated carbocycles. The number of benzene rings is 1. The van der Waals surface area contributed by atoms with E-state index in [1.54, 1.807) is 45.0 Å². The number of ether oxygens (including phenoxy) is 2. The first kappa shape index (κ1) is 16.5. The second-order valence-electron chi connectivity index (χ2n) is 5.05. The van der Waals surface area contributed by atoms with Gasteiger partial charge in [-0.3, -0.25) is 13.7 Å². The van der Waals surface area contributed by atoms with Gasteiger partial charge in [0.15, 0.2) is 0 Å². The highest BCUT2D eigenvalue weighted by Gasteiger charge is 2.22. The van der Waals surface area contributed by atoms with Crippen molar-refractivity contribution in [1.29, 1.82) is 0 Å². The van der Waals surface area contributed by atoms with Crippen LogP contribution in [0.1, 0.15) is 20.8 Å². The maximum absolute atomic E-state index is 11.7. The Hall–Kier alpha value is -1.60. The number of nitrogens with zero attached hydrogens (tertiary/aromatic N) is 1. The molecule has 112 valence electrons. The van der Waals surface area contributed by atoms with Crippen molar-refractivity contribution in [2.75, 3.05) is 18.0 Å². The van der Waals surface area contributed by atoms with E-state index >= 15 is 0 Å². The molecule has 0 aliphatic heterocycles. The van der Waals surface area contributed by atoms with Gasteiger partial charge in [-0.15, -0.1) is 0 Å². The zero-order valence-corrected chi connectivity index (χ0v) is 12.8. The largest absolute Gasteiger partial charge is 0.497 e. The summed E-state index contributed by atoms with van der Waals surface area (Å²) in [6.07, 6.45) is 0. The minimum Gasteiger partial charge on any atom is -0.497 e. The lowest BCUT2D eigenvalue weighted by atomic mass is 10.2. The Labute approximate surface area is 121 Å². The van der Waals surface area contributed by atoms with E-state index in [0.717, 1.165) is 4.31 Å². The van der Waals surface area contributed by atoms with Gasteiger partial charge in [-0.2, -0.15) is 0 Å². The Balaban J connectivity index is 2.83. The normalized spacial score (nSPS) is 12.7. The predicted octanol–water partition coefficient (Wildman–Crippen LogP) is 1.98. The SMILES string of the molecule is COc1ccc(N(CC(=O)OC(C)(C)C)S(=O)O)cc1. The predicted molar refractivity (Wildman–Crippen MR) is 77.0 cm³/mol. The Morgan fingerprint density at radius 2 is 1.85 bits per heavy atom. The topological polar surface area (TPSA) is 76.1 Å². The molecule has 0 amide bonds. The van der Waals surface area contributed by atoms with E-state index in [2.05, 4.69) is 0 Å². The van der Waals surface area contributed by atoms with Crippen molar-refractivity contribution in [3.63, 3.8) is 0 Å². The van der Waals surface area contributed by atoms with Crippen molar-refractivity contribution in [2.24, 2.45) is 0 Å². The molecule has 6 nitrogen and oxygen atoms in total. The molecule has 1 unspecified atom stereocenters. The van der Waals surface area contributed by atoms with Gasteiger partial charge in [0.05, 0.1) is 12.8 Å². The van der Waals surface area contributed by atoms with Crippen LogP contribution in [-0.4, -0.2) is 34.0 Å². The fraction of sp³-hybridized carbons (Fsp3) is 0.462. The van der Waals surface area contributed by atoms with Crippen molar-refractivity contribution in [3.05, 3.63) is 24.3 Å². The molecule has 1 rings (SSSR count). The minimum absolute atomic E-state index is 0.313. The van der Waals surface area contributed by atoms with Crippen molar-refractivity contribution in [2.45, 2.75) is 26.4 Å². The molecule has 7 heteroatoms. The molecule has 0 spiro atoms. The van der Waals surface area contributed by atoms with Crippen LogP contribution in [0.2, 0.25) is 0 Å². The quantitative estimate of drug-likeness (QED) is 0.665. The first-order chi connectivity index (χ1) is 9.23. The Bertz CT molecular complexity index is 481. The van der Waals surface area contributed by atoms with Gasteiger partial charge in [0, 0.05) is 0 Å². The molecule has 0 aromatic heterocycles. The fourth-order valence-electron chi connectivity index (χ4n) is 1.48. The molecule has 1 aromatic rings. The van der Waals surface area contributed by atoms with E-state index in [9.17, 15) is 13.6 Å². The molecule has 1 N–H and O–H groups in total. The first-order valence-corrected chi connectivity index (χ1v) is 7.03. The van der Waals surface area contributed by atoms with E-state index in [-0.39, 0.29) is 6.54 Å². The highest BCUT2D eigenvalue weighted by atomic mass is 32.2. The van der Waals surface area contributed by atoms with Crippen LogP contribution in [0, 0.1) is 0 Å². The standard InChI is InChI=1S/C13H19NO5S/c1-13(2,3)19-12(15)9-14(20(16)17)10-5-7-11(18-4)8-6-10/h5-8H,9H2,1-4H3,(H,16,17). The van der Waals surface area contributed by atoms with E-state index in [0.29, 0.717) is 11.4 Å². The molecule has 1 aromatic carbocycles. The van der Waals surface area contributed by atoms with E-state index < -0.39 is 22.8 Å². The summed E-state index contributed by atoms with van der Waals surface area (Å²) in [6.45, 7) is 4.89. The second kappa shape index (κ2) is 6.71. The van der Waals surface area contributed by atoms with Crippen LogP contribution in [0.25, 0.3) is 0 Å². The lowest BCUT2D eigenvalue weighted by molar-refractivity contribution is -0.152. The number of rotatable bonds is 5. The summed E-state index contributed by atoms with van der Waals surface area (Å²) in [6, 6.07) is 6.48. The van der Waals surface area contributed by atoms with Gasteiger partial charge in [0.1, 0.15) is 17.9 Å². The van der Waals surface area contributed by atoms with Crippen LogP contribution in [0.4, 0.5) is 5.69 Å². The summed E-state index contributed by atoms with van der Waals surface area (Å²) in [7, 11) is 1.53. The fourth-order valence-corrected chi connectivity index (χ4v) is 1.99. The molecule has 0 bridgehead atoms. The molecular formula is C13H19NO5S. The average Bonchev–Trinajstić information content (AvgIpc) is 2.34. The van der Waals surface area contributed by atoms with Crippen LogP contribution in [0.15, 0.2) is 24.3 Å². The van der Waals surface area contributed by atoms with Crippen LogP contribution >= 0.6 is 0 Å². The minimum atomic E-state index is -2.32. The Morgan fingerprint density at radius 1 is 1.30 bits per heavy atom. The Kier molecular flexibility index (Phi) is 5.52. The van der Waals surface area contributed by atoms with E-state index in [1.165, 1.54) is 7.11 Å². The zero-order chi connectivity index (χ0) is 15.3. The summed E-state index contributed by atoms with van der Waals surface area (Å²) in [5, 5.41) is 0. The van der Waals surface area contributed by atoms with Crippen molar-refractivity contribution in [1.82, 2.24) is 0 Å². The molecule has 20 heavy (non-hydrogen) atoms. The third-order valence-electron chi connectivity index (χ3n) is 2.24. The molecular weight excluding hydrogens is 282 g/mol. The van der Waals surface area contributed by atoms with Crippen LogP contribution in [0.5, 0.6) is 5.75 Å². The first-order valence-electron chi connectivity index (χ1n) is 5.97. The van der Waals surface area contributed by atoms with Gasteiger partial charge >= 0.3 is 5.97 Å². The summed E-state index contributed by atoms with van der Waals surface area (Å²) in [5.74, 6) is 0.0467. The van der Waals surface area contributed by atoms with Crippen LogP contribution in [-0.2, 0) is 20.8 Å². The van der Waals surface area contributed by atoms with Gasteiger partial charge in [-0.05, 0) is 45.0 Å². The summed E-state index contributed by atoms with van der Waals surface area (Å²) in [5.41, 5.74) is -0.211. The van der Waals surface area contributed by atoms with Gasteiger partial charge in [-0.25, -0.2) is 4.21 Å². The zero-order valence-electron chi connectivity index (χ0n) is 12.0. The van der Waals surface area contributed by atoms with E-state index in [4.69, 9.17) is 9.47 Å². The van der Waals surface area contributed by atoms with Gasteiger partial charge < -0.3 is 9.47 Å². The van der Waals surface area contributed by atoms with Crippen molar-refractivity contribution in [3.8, 4) is 5.75 Å². The average molecular weight is 301 g/mol. The smallest absolute Gasteiger partial charge is 0.327 e. The second-order valence-corrected chi connectivity index (χ2v) is 5.95. The van der Waals surface area contributed by atoms with Crippen molar-refractivity contribution >= 4 is 22.9 Å². The molecule has 0 radical (unpaired) electrons. The van der Waals surface area contributed by atoms with Gasteiger partial charge in [-0.1, -0.05) is 0 Å². The monoisotopic (exact) mass is 301 g/mol. The summed E-state index contributed by atoms with van der Waals surface area (Å²) < 4.78 is 31.8. The molecule has 0 heterocycles. The lowest BCUT2D eigenvalue weighted by Gasteiger charge is -2.23. The molecule has 0 fully saturated rings. The van der Waals surface area contributed by atoms with Crippen LogP contribution < -0.4 is 9.04 Å². The number of carbonyl (C=O) groups excluding carboxylic acids is 1. The van der Waals surface area contributed by atoms with E-state index in [1.807, 2.05) is 0 Å². The summed E-state index contributed by atoms with van der Waals surface area (Å²) in [4.78, 5) is 11.7. The number of methoxy groups -OCH3 is 1. The van der Waals surface area contributed by atoms with Crippen LogP contribution in [0.3, 0.4) is 0 Å². The number of carbonyl (C=O) groups is 1. The lowest BCUT2D eigenvalue weighted by Crippen LogP contribution is -2.35. The van der Waals surface area contributed by atoms with Crippen molar-refractivity contribution < 1.29 is 23.0 Å². The number of esters is 1.